The van der Waals surface area contributed by atoms with Crippen molar-refractivity contribution in [3.8, 4) is 0 Å². The number of hydrogen-bond acceptors (Lipinski definition) is 10. The fourth-order valence-corrected chi connectivity index (χ4v) is 8.51. The fourth-order valence-electron chi connectivity index (χ4n) is 7.73. The summed E-state index contributed by atoms with van der Waals surface area (Å²) in [5.74, 6) is -1.61. The minimum Gasteiger partial charge on any atom is -0.462 e. The Kier molecular flexibility index (Phi) is 50.4. The van der Waals surface area contributed by atoms with Crippen molar-refractivity contribution in [1.29, 1.82) is 0 Å². The van der Waals surface area contributed by atoms with Gasteiger partial charge in [-0.15, -0.1) is 0 Å². The van der Waals surface area contributed by atoms with E-state index in [2.05, 4.69) is 63.3 Å². The molecule has 0 amide bonds. The lowest BCUT2D eigenvalue weighted by Gasteiger charge is -2.21. The molecule has 0 heterocycles. The third-order valence-corrected chi connectivity index (χ3v) is 12.9. The molecule has 0 aromatic heterocycles. The normalized spacial score (nSPS) is 13.8. The number of esters is 3. The van der Waals surface area contributed by atoms with E-state index < -0.39 is 57.8 Å². The molecule has 0 saturated carbocycles. The van der Waals surface area contributed by atoms with Gasteiger partial charge in [0.2, 0.25) is 0 Å². The molecular formula is C58H103O11P. The second-order valence-corrected chi connectivity index (χ2v) is 20.2. The van der Waals surface area contributed by atoms with Crippen LogP contribution in [0.3, 0.4) is 0 Å². The number of unbranched alkanes of at least 4 members (excludes halogenated alkanes) is 26. The highest BCUT2D eigenvalue weighted by molar-refractivity contribution is 7.47. The molecule has 406 valence electrons. The SMILES string of the molecule is CC/C=C\C/C=C\C/C=C\C/C=C\C/C=C\CC(=O)OC(COC(=O)CCCCCCCCCCCCCCCCC)COP(=O)(O)OCC(CO)OC(=O)CCCCCCCCCCCCCCC. The Morgan fingerprint density at radius 1 is 0.414 bits per heavy atom. The van der Waals surface area contributed by atoms with Gasteiger partial charge in [0.05, 0.1) is 26.2 Å². The summed E-state index contributed by atoms with van der Waals surface area (Å²) in [4.78, 5) is 48.4. The summed E-state index contributed by atoms with van der Waals surface area (Å²) in [5.41, 5.74) is 0. The van der Waals surface area contributed by atoms with E-state index in [0.717, 1.165) is 64.2 Å². The Morgan fingerprint density at radius 2 is 0.743 bits per heavy atom. The summed E-state index contributed by atoms with van der Waals surface area (Å²) in [7, 11) is -4.76. The Labute approximate surface area is 427 Å². The van der Waals surface area contributed by atoms with Crippen molar-refractivity contribution in [2.45, 2.75) is 264 Å². The summed E-state index contributed by atoms with van der Waals surface area (Å²) in [5, 5.41) is 9.79. The summed E-state index contributed by atoms with van der Waals surface area (Å²) < 4.78 is 39.3. The van der Waals surface area contributed by atoms with Gasteiger partial charge in [0.25, 0.3) is 0 Å². The molecule has 11 nitrogen and oxygen atoms in total. The molecule has 3 atom stereocenters. The number of carbonyl (C=O) groups is 3. The molecular weight excluding hydrogens is 904 g/mol. The lowest BCUT2D eigenvalue weighted by atomic mass is 10.0. The summed E-state index contributed by atoms with van der Waals surface area (Å²) in [6, 6.07) is 0. The van der Waals surface area contributed by atoms with Crippen LogP contribution in [0.2, 0.25) is 0 Å². The molecule has 0 aromatic rings. The smallest absolute Gasteiger partial charge is 0.462 e. The van der Waals surface area contributed by atoms with E-state index in [1.165, 1.54) is 128 Å². The molecule has 12 heteroatoms. The molecule has 0 rings (SSSR count). The third-order valence-electron chi connectivity index (χ3n) is 12.0. The van der Waals surface area contributed by atoms with E-state index in [-0.39, 0.29) is 25.9 Å². The van der Waals surface area contributed by atoms with Crippen LogP contribution in [0.1, 0.15) is 252 Å². The van der Waals surface area contributed by atoms with Crippen LogP contribution in [0.25, 0.3) is 0 Å². The van der Waals surface area contributed by atoms with Crippen LogP contribution in [0.4, 0.5) is 0 Å². The lowest BCUT2D eigenvalue weighted by Crippen LogP contribution is -2.30. The van der Waals surface area contributed by atoms with Crippen LogP contribution < -0.4 is 0 Å². The molecule has 0 bridgehead atoms. The first-order chi connectivity index (χ1) is 34.2. The summed E-state index contributed by atoms with van der Waals surface area (Å²) in [6.45, 7) is 4.44. The number of allylic oxidation sites excluding steroid dienone is 9. The van der Waals surface area contributed by atoms with Crippen molar-refractivity contribution in [1.82, 2.24) is 0 Å². The second kappa shape index (κ2) is 52.5. The number of ether oxygens (including phenoxy) is 3. The molecule has 0 radical (unpaired) electrons. The van der Waals surface area contributed by atoms with Gasteiger partial charge in [-0.05, 0) is 44.9 Å². The molecule has 70 heavy (non-hydrogen) atoms. The Balaban J connectivity index is 4.81. The molecule has 0 spiro atoms. The average Bonchev–Trinajstić information content (AvgIpc) is 3.35. The van der Waals surface area contributed by atoms with Crippen molar-refractivity contribution in [2.75, 3.05) is 26.4 Å². The van der Waals surface area contributed by atoms with Gasteiger partial charge in [-0.25, -0.2) is 4.57 Å². The van der Waals surface area contributed by atoms with E-state index in [0.29, 0.717) is 19.3 Å². The van der Waals surface area contributed by atoms with Crippen LogP contribution in [0.15, 0.2) is 60.8 Å². The lowest BCUT2D eigenvalue weighted by molar-refractivity contribution is -0.160. The number of aliphatic hydroxyl groups is 1. The zero-order valence-electron chi connectivity index (χ0n) is 44.7. The zero-order valence-corrected chi connectivity index (χ0v) is 45.6. The van der Waals surface area contributed by atoms with E-state index in [1.54, 1.807) is 6.08 Å². The second-order valence-electron chi connectivity index (χ2n) is 18.8. The van der Waals surface area contributed by atoms with Crippen molar-refractivity contribution >= 4 is 25.7 Å². The monoisotopic (exact) mass is 1010 g/mol. The molecule has 0 aromatic carbocycles. The number of phosphoric acid groups is 1. The van der Waals surface area contributed by atoms with Gasteiger partial charge in [0.1, 0.15) is 12.7 Å². The van der Waals surface area contributed by atoms with Crippen LogP contribution in [-0.4, -0.2) is 66.5 Å². The molecule has 0 aliphatic carbocycles. The maximum absolute atomic E-state index is 12.9. The van der Waals surface area contributed by atoms with Gasteiger partial charge in [-0.1, -0.05) is 248 Å². The molecule has 2 N–H and O–H groups in total. The number of carbonyl (C=O) groups excluding carboxylic acids is 3. The Morgan fingerprint density at radius 3 is 1.13 bits per heavy atom. The molecule has 0 saturated heterocycles. The average molecular weight is 1010 g/mol. The number of rotatable bonds is 52. The summed E-state index contributed by atoms with van der Waals surface area (Å²) >= 11 is 0. The van der Waals surface area contributed by atoms with Gasteiger partial charge < -0.3 is 24.2 Å². The zero-order chi connectivity index (χ0) is 51.3. The first-order valence-electron chi connectivity index (χ1n) is 28.2. The van der Waals surface area contributed by atoms with Crippen molar-refractivity contribution in [2.24, 2.45) is 0 Å². The van der Waals surface area contributed by atoms with E-state index >= 15 is 0 Å². The van der Waals surface area contributed by atoms with Crippen LogP contribution in [-0.2, 0) is 42.2 Å². The molecule has 0 aliphatic rings. The minimum atomic E-state index is -4.76. The topological polar surface area (TPSA) is 155 Å². The van der Waals surface area contributed by atoms with Gasteiger partial charge in [-0.3, -0.25) is 23.4 Å². The van der Waals surface area contributed by atoms with E-state index in [9.17, 15) is 28.9 Å². The molecule has 0 aliphatic heterocycles. The molecule has 0 fully saturated rings. The highest BCUT2D eigenvalue weighted by Gasteiger charge is 2.28. The maximum Gasteiger partial charge on any atom is 0.472 e. The predicted octanol–water partition coefficient (Wildman–Crippen LogP) is 16.4. The first kappa shape index (κ1) is 67.2. The standard InChI is InChI=1S/C58H103O11P/c1-4-7-10-13-16-19-22-25-27-30-32-35-38-41-44-47-56(60)65-51-55(69-58(62)49-46-43-40-37-34-31-28-26-23-20-17-14-11-8-5-2)53-67-70(63,64)66-52-54(50-59)68-57(61)48-45-42-39-36-33-29-24-21-18-15-12-9-6-3/h8,11,17,20,26,28,34,37,43,46,54-55,59H,4-7,9-10,12-16,18-19,21-25,27,29-33,35-36,38-42,44-45,47-53H2,1-3H3,(H,63,64)/b11-8-,20-17-,28-26-,37-34-,46-43-. The third kappa shape index (κ3) is 50.1. The van der Waals surface area contributed by atoms with Crippen molar-refractivity contribution in [3.63, 3.8) is 0 Å². The minimum absolute atomic E-state index is 0.0623. The van der Waals surface area contributed by atoms with Gasteiger partial charge >= 0.3 is 25.7 Å². The van der Waals surface area contributed by atoms with E-state index in [4.69, 9.17) is 23.3 Å². The maximum atomic E-state index is 12.9. The highest BCUT2D eigenvalue weighted by atomic mass is 31.2. The van der Waals surface area contributed by atoms with Crippen LogP contribution in [0, 0.1) is 0 Å². The number of phosphoric ester groups is 1. The van der Waals surface area contributed by atoms with Crippen LogP contribution >= 0.6 is 7.82 Å². The number of hydrogen-bond donors (Lipinski definition) is 2. The van der Waals surface area contributed by atoms with Crippen molar-refractivity contribution < 1.29 is 52.2 Å². The molecule has 3 unspecified atom stereocenters. The quantitative estimate of drug-likeness (QED) is 0.0197. The van der Waals surface area contributed by atoms with E-state index in [1.807, 2.05) is 12.2 Å². The summed E-state index contributed by atoms with van der Waals surface area (Å²) in [6.07, 6.45) is 56.4. The largest absolute Gasteiger partial charge is 0.472 e. The first-order valence-corrected chi connectivity index (χ1v) is 29.7. The Bertz CT molecular complexity index is 1410. The van der Waals surface area contributed by atoms with Gasteiger partial charge in [0.15, 0.2) is 6.10 Å². The van der Waals surface area contributed by atoms with Gasteiger partial charge in [-0.2, -0.15) is 0 Å². The predicted molar refractivity (Wildman–Crippen MR) is 288 cm³/mol. The fraction of sp³-hybridized carbons (Fsp3) is 0.776. The number of aliphatic hydroxyl groups excluding tert-OH is 1. The highest BCUT2D eigenvalue weighted by Crippen LogP contribution is 2.43. The van der Waals surface area contributed by atoms with Crippen molar-refractivity contribution in [3.05, 3.63) is 60.8 Å². The Hall–Kier alpha value is -2.82. The van der Waals surface area contributed by atoms with Gasteiger partial charge in [0, 0.05) is 12.8 Å². The van der Waals surface area contributed by atoms with Crippen LogP contribution in [0.5, 0.6) is 0 Å².